The SMILES string of the molecule is CC(O)(CO)C(O)CCP(=O)([O-])[O-].[Na+].[Na+]. The van der Waals surface area contributed by atoms with Gasteiger partial charge in [0, 0.05) is 0 Å². The second-order valence-corrected chi connectivity index (χ2v) is 4.82. The number of hydrogen-bond donors (Lipinski definition) is 3. The average Bonchev–Trinajstić information content (AvgIpc) is 1.98. The van der Waals surface area contributed by atoms with Crippen molar-refractivity contribution in [2.45, 2.75) is 25.0 Å². The number of hydrogen-bond acceptors (Lipinski definition) is 6. The van der Waals surface area contributed by atoms with Gasteiger partial charge in [0.1, 0.15) is 5.60 Å². The molecule has 0 heterocycles. The van der Waals surface area contributed by atoms with Crippen LogP contribution in [-0.2, 0) is 4.57 Å². The van der Waals surface area contributed by atoms with Crippen molar-refractivity contribution in [2.75, 3.05) is 12.8 Å². The first-order chi connectivity index (χ1) is 5.69. The molecule has 0 saturated heterocycles. The summed E-state index contributed by atoms with van der Waals surface area (Å²) in [6, 6.07) is 0. The van der Waals surface area contributed by atoms with Crippen LogP contribution in [0.2, 0.25) is 0 Å². The quantitative estimate of drug-likeness (QED) is 0.332. The molecule has 0 radical (unpaired) electrons. The normalized spacial score (nSPS) is 16.9. The zero-order chi connectivity index (χ0) is 10.7. The summed E-state index contributed by atoms with van der Waals surface area (Å²) in [5.74, 6) is 0. The van der Waals surface area contributed by atoms with Gasteiger partial charge < -0.3 is 29.7 Å². The van der Waals surface area contributed by atoms with Gasteiger partial charge in [-0.15, -0.1) is 0 Å². The fourth-order valence-corrected chi connectivity index (χ4v) is 1.26. The van der Waals surface area contributed by atoms with Crippen LogP contribution < -0.4 is 68.9 Å². The molecule has 2 atom stereocenters. The fraction of sp³-hybridized carbons (Fsp3) is 1.00. The van der Waals surface area contributed by atoms with Gasteiger partial charge in [0.05, 0.1) is 12.7 Å². The van der Waals surface area contributed by atoms with E-state index >= 15 is 0 Å². The summed E-state index contributed by atoms with van der Waals surface area (Å²) in [4.78, 5) is 20.3. The summed E-state index contributed by atoms with van der Waals surface area (Å²) >= 11 is 0. The molecule has 6 nitrogen and oxygen atoms in total. The van der Waals surface area contributed by atoms with Crippen molar-refractivity contribution in [1.29, 1.82) is 0 Å². The van der Waals surface area contributed by atoms with Gasteiger partial charge in [-0.25, -0.2) is 0 Å². The maximum atomic E-state index is 10.2. The summed E-state index contributed by atoms with van der Waals surface area (Å²) in [7, 11) is -4.65. The van der Waals surface area contributed by atoms with Gasteiger partial charge in [-0.3, -0.25) is 0 Å². The topological polar surface area (TPSA) is 124 Å². The molecule has 0 rings (SSSR count). The van der Waals surface area contributed by atoms with E-state index in [1.165, 1.54) is 0 Å². The van der Waals surface area contributed by atoms with Crippen LogP contribution in [-0.4, -0.2) is 39.8 Å². The zero-order valence-corrected chi connectivity index (χ0v) is 14.1. The van der Waals surface area contributed by atoms with Crippen molar-refractivity contribution in [3.8, 4) is 0 Å². The zero-order valence-electron chi connectivity index (χ0n) is 9.21. The monoisotopic (exact) mass is 258 g/mol. The molecule has 15 heavy (non-hydrogen) atoms. The van der Waals surface area contributed by atoms with Crippen LogP contribution in [0.3, 0.4) is 0 Å². The number of rotatable bonds is 5. The second-order valence-electron chi connectivity index (χ2n) is 3.15. The number of aliphatic hydroxyl groups is 3. The summed E-state index contributed by atoms with van der Waals surface area (Å²) in [6.45, 7) is 0.453. The van der Waals surface area contributed by atoms with Gasteiger partial charge in [0.2, 0.25) is 0 Å². The molecule has 80 valence electrons. The van der Waals surface area contributed by atoms with E-state index in [0.717, 1.165) is 6.92 Å². The molecule has 2 unspecified atom stereocenters. The Morgan fingerprint density at radius 3 is 2.07 bits per heavy atom. The summed E-state index contributed by atoms with van der Waals surface area (Å²) < 4.78 is 10.2. The Hall–Kier alpha value is 2.03. The second kappa shape index (κ2) is 9.03. The molecule has 0 aromatic heterocycles. The van der Waals surface area contributed by atoms with E-state index in [1.54, 1.807) is 0 Å². The first-order valence-electron chi connectivity index (χ1n) is 3.71. The molecule has 0 aliphatic carbocycles. The van der Waals surface area contributed by atoms with E-state index in [-0.39, 0.29) is 65.5 Å². The molecule has 0 aliphatic heterocycles. The van der Waals surface area contributed by atoms with E-state index in [4.69, 9.17) is 10.2 Å². The Labute approximate surface area is 133 Å². The van der Waals surface area contributed by atoms with Crippen LogP contribution in [0.15, 0.2) is 0 Å². The first kappa shape index (κ1) is 22.2. The maximum absolute atomic E-state index is 10.2. The minimum absolute atomic E-state index is 0. The molecule has 0 fully saturated rings. The van der Waals surface area contributed by atoms with Crippen molar-refractivity contribution >= 4 is 7.60 Å². The molecule has 0 saturated carbocycles. The van der Waals surface area contributed by atoms with Crippen molar-refractivity contribution in [3.63, 3.8) is 0 Å². The standard InChI is InChI=1S/C6H15O6P.2Na/c1-6(9,4-7)5(8)2-3-13(10,11)12;;/h5,7-9H,2-4H2,1H3,(H2,10,11,12);;/q;2*+1/p-2. The van der Waals surface area contributed by atoms with E-state index < -0.39 is 32.1 Å². The van der Waals surface area contributed by atoms with Gasteiger partial charge in [-0.05, 0) is 19.5 Å². The maximum Gasteiger partial charge on any atom is 1.00 e. The fourth-order valence-electron chi connectivity index (χ4n) is 0.697. The van der Waals surface area contributed by atoms with E-state index in [9.17, 15) is 19.5 Å². The van der Waals surface area contributed by atoms with Crippen LogP contribution in [0.4, 0.5) is 0 Å². The summed E-state index contributed by atoms with van der Waals surface area (Å²) in [5.41, 5.74) is -1.77. The third kappa shape index (κ3) is 10.9. The smallest absolute Gasteiger partial charge is 0.811 e. The molecule has 0 bridgehead atoms. The van der Waals surface area contributed by atoms with Gasteiger partial charge in [-0.1, -0.05) is 7.60 Å². The molecule has 0 aromatic rings. The Kier molecular flexibility index (Phi) is 13.4. The Morgan fingerprint density at radius 2 is 1.80 bits per heavy atom. The van der Waals surface area contributed by atoms with Gasteiger partial charge in [0.25, 0.3) is 0 Å². The molecule has 0 spiro atoms. The predicted molar refractivity (Wildman–Crippen MR) is 40.8 cm³/mol. The summed E-state index contributed by atoms with van der Waals surface area (Å²) in [6.07, 6.45) is -2.53. The molecular formula is C6H13Na2O6P. The van der Waals surface area contributed by atoms with Crippen molar-refractivity contribution in [1.82, 2.24) is 0 Å². The van der Waals surface area contributed by atoms with Crippen molar-refractivity contribution < 1.29 is 88.8 Å². The van der Waals surface area contributed by atoms with Crippen LogP contribution in [0.1, 0.15) is 13.3 Å². The minimum Gasteiger partial charge on any atom is -0.811 e. The minimum atomic E-state index is -4.65. The average molecular weight is 258 g/mol. The molecular weight excluding hydrogens is 245 g/mol. The van der Waals surface area contributed by atoms with Gasteiger partial charge >= 0.3 is 59.1 Å². The molecule has 3 N–H and O–H groups in total. The van der Waals surface area contributed by atoms with Gasteiger partial charge in [-0.2, -0.15) is 0 Å². The Bertz CT molecular complexity index is 206. The number of aliphatic hydroxyl groups excluding tert-OH is 2. The third-order valence-electron chi connectivity index (χ3n) is 1.71. The van der Waals surface area contributed by atoms with Crippen molar-refractivity contribution in [2.24, 2.45) is 0 Å². The Balaban J connectivity index is -0.000000720. The largest absolute Gasteiger partial charge is 1.00 e. The van der Waals surface area contributed by atoms with Crippen LogP contribution in [0, 0.1) is 0 Å². The van der Waals surface area contributed by atoms with E-state index in [0.29, 0.717) is 0 Å². The van der Waals surface area contributed by atoms with Crippen LogP contribution in [0.25, 0.3) is 0 Å². The van der Waals surface area contributed by atoms with Crippen LogP contribution in [0.5, 0.6) is 0 Å². The molecule has 9 heteroatoms. The molecule has 0 aliphatic rings. The third-order valence-corrected chi connectivity index (χ3v) is 2.52. The van der Waals surface area contributed by atoms with Crippen molar-refractivity contribution in [3.05, 3.63) is 0 Å². The van der Waals surface area contributed by atoms with E-state index in [1.807, 2.05) is 0 Å². The Morgan fingerprint density at radius 1 is 1.40 bits per heavy atom. The van der Waals surface area contributed by atoms with Crippen LogP contribution >= 0.6 is 7.60 Å². The summed E-state index contributed by atoms with van der Waals surface area (Å²) in [5, 5.41) is 26.9. The first-order valence-corrected chi connectivity index (χ1v) is 5.44. The predicted octanol–water partition coefficient (Wildman–Crippen LogP) is -8.60. The molecule has 0 aromatic carbocycles. The van der Waals surface area contributed by atoms with E-state index in [2.05, 4.69) is 0 Å². The van der Waals surface area contributed by atoms with Gasteiger partial charge in [0.15, 0.2) is 0 Å². The molecule has 0 amide bonds.